The van der Waals surface area contributed by atoms with E-state index in [1.807, 2.05) is 29.2 Å². The van der Waals surface area contributed by atoms with Crippen molar-refractivity contribution in [1.82, 2.24) is 9.80 Å². The molecule has 0 unspecified atom stereocenters. The van der Waals surface area contributed by atoms with E-state index in [1.54, 1.807) is 0 Å². The number of nitrogens with zero attached hydrogens (tertiary/aromatic N) is 2. The second kappa shape index (κ2) is 6.37. The standard InChI is InChI=1S/C15H19N3O/c1-17-9-11-18(12-10-17)15(19)14-6-4-13(5-7-14)3-2-8-16/h4-7H,8-12,16H2,1H3. The predicted molar refractivity (Wildman–Crippen MR) is 75.8 cm³/mol. The molecule has 1 fully saturated rings. The molecule has 0 aromatic heterocycles. The van der Waals surface area contributed by atoms with Crippen LogP contribution in [0.25, 0.3) is 0 Å². The van der Waals surface area contributed by atoms with E-state index in [0.29, 0.717) is 6.54 Å². The van der Waals surface area contributed by atoms with Crippen molar-refractivity contribution in [3.63, 3.8) is 0 Å². The predicted octanol–water partition coefficient (Wildman–Crippen LogP) is 0.384. The van der Waals surface area contributed by atoms with E-state index in [1.165, 1.54) is 0 Å². The van der Waals surface area contributed by atoms with Gasteiger partial charge in [-0.2, -0.15) is 0 Å². The first-order valence-corrected chi connectivity index (χ1v) is 6.47. The highest BCUT2D eigenvalue weighted by Crippen LogP contribution is 2.09. The van der Waals surface area contributed by atoms with Crippen LogP contribution in [0.2, 0.25) is 0 Å². The van der Waals surface area contributed by atoms with Crippen LogP contribution >= 0.6 is 0 Å². The fourth-order valence-corrected chi connectivity index (χ4v) is 2.04. The molecular formula is C15H19N3O. The largest absolute Gasteiger partial charge is 0.336 e. The maximum Gasteiger partial charge on any atom is 0.253 e. The molecule has 0 saturated carbocycles. The zero-order valence-electron chi connectivity index (χ0n) is 11.2. The molecule has 100 valence electrons. The first-order valence-electron chi connectivity index (χ1n) is 6.47. The van der Waals surface area contributed by atoms with E-state index >= 15 is 0 Å². The summed E-state index contributed by atoms with van der Waals surface area (Å²) in [5.41, 5.74) is 6.94. The van der Waals surface area contributed by atoms with Gasteiger partial charge in [-0.15, -0.1) is 0 Å². The van der Waals surface area contributed by atoms with Gasteiger partial charge in [0.05, 0.1) is 6.54 Å². The minimum atomic E-state index is 0.103. The lowest BCUT2D eigenvalue weighted by molar-refractivity contribution is 0.0664. The molecule has 19 heavy (non-hydrogen) atoms. The summed E-state index contributed by atoms with van der Waals surface area (Å²) in [6, 6.07) is 7.40. The lowest BCUT2D eigenvalue weighted by Gasteiger charge is -2.32. The van der Waals surface area contributed by atoms with Gasteiger partial charge >= 0.3 is 0 Å². The van der Waals surface area contributed by atoms with Gasteiger partial charge in [0.25, 0.3) is 5.91 Å². The van der Waals surface area contributed by atoms with E-state index in [0.717, 1.165) is 37.3 Å². The Balaban J connectivity index is 2.03. The molecule has 1 amide bonds. The average Bonchev–Trinajstić information content (AvgIpc) is 2.46. The summed E-state index contributed by atoms with van der Waals surface area (Å²) < 4.78 is 0. The van der Waals surface area contributed by atoms with Crippen molar-refractivity contribution in [3.05, 3.63) is 35.4 Å². The van der Waals surface area contributed by atoms with Crippen LogP contribution in [-0.2, 0) is 0 Å². The van der Waals surface area contributed by atoms with Gasteiger partial charge in [-0.1, -0.05) is 11.8 Å². The second-order valence-electron chi connectivity index (χ2n) is 4.68. The summed E-state index contributed by atoms with van der Waals surface area (Å²) in [5.74, 6) is 5.85. The number of carbonyl (C=O) groups is 1. The maximum atomic E-state index is 12.3. The Bertz CT molecular complexity index is 490. The highest BCUT2D eigenvalue weighted by atomic mass is 16.2. The van der Waals surface area contributed by atoms with Gasteiger partial charge in [-0.05, 0) is 31.3 Å². The number of hydrogen-bond donors (Lipinski definition) is 1. The Morgan fingerprint density at radius 3 is 2.42 bits per heavy atom. The van der Waals surface area contributed by atoms with E-state index in [4.69, 9.17) is 5.73 Å². The van der Waals surface area contributed by atoms with Crippen LogP contribution in [0.4, 0.5) is 0 Å². The molecule has 1 aromatic rings. The summed E-state index contributed by atoms with van der Waals surface area (Å²) in [4.78, 5) is 16.4. The van der Waals surface area contributed by atoms with Crippen LogP contribution < -0.4 is 5.73 Å². The monoisotopic (exact) mass is 257 g/mol. The minimum Gasteiger partial charge on any atom is -0.336 e. The first kappa shape index (κ1) is 13.6. The molecule has 0 radical (unpaired) electrons. The lowest BCUT2D eigenvalue weighted by Crippen LogP contribution is -2.47. The molecule has 0 spiro atoms. The Kier molecular flexibility index (Phi) is 4.56. The quantitative estimate of drug-likeness (QED) is 0.740. The molecule has 0 atom stereocenters. The van der Waals surface area contributed by atoms with Crippen LogP contribution in [0.1, 0.15) is 15.9 Å². The molecule has 2 N–H and O–H groups in total. The zero-order chi connectivity index (χ0) is 13.7. The normalized spacial score (nSPS) is 15.8. The maximum absolute atomic E-state index is 12.3. The van der Waals surface area contributed by atoms with Crippen molar-refractivity contribution >= 4 is 5.91 Å². The molecule has 0 bridgehead atoms. The third kappa shape index (κ3) is 3.57. The van der Waals surface area contributed by atoms with Gasteiger partial charge < -0.3 is 15.5 Å². The SMILES string of the molecule is CN1CCN(C(=O)c2ccc(C#CCN)cc2)CC1. The third-order valence-electron chi connectivity index (χ3n) is 3.26. The van der Waals surface area contributed by atoms with Gasteiger partial charge in [0, 0.05) is 37.3 Å². The topological polar surface area (TPSA) is 49.6 Å². The fraction of sp³-hybridized carbons (Fsp3) is 0.400. The molecule has 2 rings (SSSR count). The number of hydrogen-bond acceptors (Lipinski definition) is 3. The van der Waals surface area contributed by atoms with Crippen LogP contribution in [0, 0.1) is 11.8 Å². The fourth-order valence-electron chi connectivity index (χ4n) is 2.04. The van der Waals surface area contributed by atoms with Crippen molar-refractivity contribution in [3.8, 4) is 11.8 Å². The molecule has 1 saturated heterocycles. The highest BCUT2D eigenvalue weighted by molar-refractivity contribution is 5.94. The summed E-state index contributed by atoms with van der Waals surface area (Å²) >= 11 is 0. The minimum absolute atomic E-state index is 0.103. The van der Waals surface area contributed by atoms with Gasteiger partial charge in [0.2, 0.25) is 0 Å². The average molecular weight is 257 g/mol. The summed E-state index contributed by atoms with van der Waals surface area (Å²) in [7, 11) is 2.08. The molecular weight excluding hydrogens is 238 g/mol. The third-order valence-corrected chi connectivity index (χ3v) is 3.26. The highest BCUT2D eigenvalue weighted by Gasteiger charge is 2.19. The van der Waals surface area contributed by atoms with Crippen molar-refractivity contribution in [2.24, 2.45) is 5.73 Å². The first-order chi connectivity index (χ1) is 9.20. The molecule has 0 aliphatic carbocycles. The number of amides is 1. The number of piperazine rings is 1. The molecule has 4 heteroatoms. The zero-order valence-corrected chi connectivity index (χ0v) is 11.2. The van der Waals surface area contributed by atoms with Crippen LogP contribution in [0.3, 0.4) is 0 Å². The van der Waals surface area contributed by atoms with E-state index in [-0.39, 0.29) is 5.91 Å². The van der Waals surface area contributed by atoms with Gasteiger partial charge in [0.1, 0.15) is 0 Å². The number of carbonyl (C=O) groups excluding carboxylic acids is 1. The Morgan fingerprint density at radius 1 is 1.21 bits per heavy atom. The summed E-state index contributed by atoms with van der Waals surface area (Å²) in [5, 5.41) is 0. The Labute approximate surface area is 114 Å². The van der Waals surface area contributed by atoms with E-state index in [2.05, 4.69) is 23.8 Å². The lowest BCUT2D eigenvalue weighted by atomic mass is 10.1. The van der Waals surface area contributed by atoms with Crippen LogP contribution in [0.5, 0.6) is 0 Å². The summed E-state index contributed by atoms with van der Waals surface area (Å²) in [6.07, 6.45) is 0. The number of benzene rings is 1. The molecule has 1 aliphatic rings. The second-order valence-corrected chi connectivity index (χ2v) is 4.68. The smallest absolute Gasteiger partial charge is 0.253 e. The number of likely N-dealkylation sites (N-methyl/N-ethyl adjacent to an activating group) is 1. The van der Waals surface area contributed by atoms with Gasteiger partial charge in [-0.3, -0.25) is 4.79 Å². The van der Waals surface area contributed by atoms with Crippen molar-refractivity contribution in [2.75, 3.05) is 39.8 Å². The Morgan fingerprint density at radius 2 is 1.84 bits per heavy atom. The van der Waals surface area contributed by atoms with Crippen molar-refractivity contribution in [2.45, 2.75) is 0 Å². The van der Waals surface area contributed by atoms with Crippen LogP contribution in [0.15, 0.2) is 24.3 Å². The van der Waals surface area contributed by atoms with Crippen molar-refractivity contribution < 1.29 is 4.79 Å². The molecule has 1 heterocycles. The van der Waals surface area contributed by atoms with Crippen molar-refractivity contribution in [1.29, 1.82) is 0 Å². The number of rotatable bonds is 1. The molecule has 1 aromatic carbocycles. The van der Waals surface area contributed by atoms with Crippen LogP contribution in [-0.4, -0.2) is 55.5 Å². The Hall–Kier alpha value is -1.83. The van der Waals surface area contributed by atoms with Gasteiger partial charge in [-0.25, -0.2) is 0 Å². The van der Waals surface area contributed by atoms with E-state index in [9.17, 15) is 4.79 Å². The summed E-state index contributed by atoms with van der Waals surface area (Å²) in [6.45, 7) is 3.81. The number of nitrogens with two attached hydrogens (primary N) is 1. The molecule has 4 nitrogen and oxygen atoms in total. The van der Waals surface area contributed by atoms with Gasteiger partial charge in [0.15, 0.2) is 0 Å². The van der Waals surface area contributed by atoms with E-state index < -0.39 is 0 Å². The molecule has 1 aliphatic heterocycles.